The first-order valence-corrected chi connectivity index (χ1v) is 5.43. The van der Waals surface area contributed by atoms with E-state index in [9.17, 15) is 0 Å². The molecule has 1 aromatic heterocycles. The molecule has 0 fully saturated rings. The predicted molar refractivity (Wildman–Crippen MR) is 66.7 cm³/mol. The fourth-order valence-electron chi connectivity index (χ4n) is 1.62. The number of pyridine rings is 1. The molecule has 3 heteroatoms. The summed E-state index contributed by atoms with van der Waals surface area (Å²) in [4.78, 5) is 4.92. The molecule has 2 rings (SSSR count). The molecule has 1 heterocycles. The van der Waals surface area contributed by atoms with E-state index in [1.165, 1.54) is 0 Å². The summed E-state index contributed by atoms with van der Waals surface area (Å²) in [6, 6.07) is 14.0. The van der Waals surface area contributed by atoms with Crippen molar-refractivity contribution in [3.05, 3.63) is 66.0 Å². The van der Waals surface area contributed by atoms with Crippen molar-refractivity contribution in [3.63, 3.8) is 0 Å². The van der Waals surface area contributed by atoms with E-state index in [4.69, 9.17) is 4.84 Å². The third-order valence-corrected chi connectivity index (χ3v) is 2.48. The lowest BCUT2D eigenvalue weighted by molar-refractivity contribution is -0.671. The van der Waals surface area contributed by atoms with E-state index in [2.05, 4.69) is 5.16 Å². The van der Waals surface area contributed by atoms with Gasteiger partial charge in [0.25, 0.3) is 0 Å². The monoisotopic (exact) mass is 227 g/mol. The van der Waals surface area contributed by atoms with Crippen molar-refractivity contribution in [1.29, 1.82) is 0 Å². The Kier molecular flexibility index (Phi) is 3.50. The molecule has 0 bridgehead atoms. The van der Waals surface area contributed by atoms with Crippen LogP contribution in [0, 0.1) is 0 Å². The zero-order valence-corrected chi connectivity index (χ0v) is 10.00. The average molecular weight is 227 g/mol. The summed E-state index contributed by atoms with van der Waals surface area (Å²) in [5, 5.41) is 4.10. The molecule has 0 saturated carbocycles. The van der Waals surface area contributed by atoms with Gasteiger partial charge >= 0.3 is 0 Å². The molecule has 0 amide bonds. The molecule has 86 valence electrons. The molecule has 0 aliphatic heterocycles. The Hall–Kier alpha value is -2.16. The standard InChI is InChI=1S/C14H15N2O/c1-16-10-8-13(9-11-16)14(15-17-2)12-6-4-3-5-7-12/h3-11H,1-2H3/q+1. The molecule has 0 N–H and O–H groups in total. The van der Waals surface area contributed by atoms with Gasteiger partial charge in [-0.25, -0.2) is 4.57 Å². The van der Waals surface area contributed by atoms with Crippen molar-refractivity contribution in [1.82, 2.24) is 0 Å². The number of aryl methyl sites for hydroxylation is 1. The molecule has 0 spiro atoms. The zero-order valence-electron chi connectivity index (χ0n) is 10.00. The van der Waals surface area contributed by atoms with Crippen LogP contribution in [0.1, 0.15) is 11.1 Å². The van der Waals surface area contributed by atoms with Crippen molar-refractivity contribution < 1.29 is 9.40 Å². The topological polar surface area (TPSA) is 25.5 Å². The van der Waals surface area contributed by atoms with Crippen LogP contribution in [0.4, 0.5) is 0 Å². The minimum Gasteiger partial charge on any atom is -0.399 e. The Morgan fingerprint density at radius 1 is 1.00 bits per heavy atom. The summed E-state index contributed by atoms with van der Waals surface area (Å²) in [6.07, 6.45) is 3.98. The summed E-state index contributed by atoms with van der Waals surface area (Å²) in [6.45, 7) is 0. The van der Waals surface area contributed by atoms with Gasteiger partial charge in [-0.2, -0.15) is 0 Å². The molecule has 0 aliphatic carbocycles. The zero-order chi connectivity index (χ0) is 12.1. The lowest BCUT2D eigenvalue weighted by Crippen LogP contribution is -2.26. The third kappa shape index (κ3) is 2.69. The first-order chi connectivity index (χ1) is 8.31. The van der Waals surface area contributed by atoms with E-state index in [-0.39, 0.29) is 0 Å². The summed E-state index contributed by atoms with van der Waals surface area (Å²) >= 11 is 0. The number of hydrogen-bond acceptors (Lipinski definition) is 2. The van der Waals surface area contributed by atoms with Crippen LogP contribution in [0.25, 0.3) is 0 Å². The van der Waals surface area contributed by atoms with Gasteiger partial charge in [-0.15, -0.1) is 0 Å². The Bertz CT molecular complexity index is 504. The van der Waals surface area contributed by atoms with Gasteiger partial charge in [0.15, 0.2) is 12.4 Å². The van der Waals surface area contributed by atoms with E-state index >= 15 is 0 Å². The lowest BCUT2D eigenvalue weighted by Gasteiger charge is -2.04. The van der Waals surface area contributed by atoms with Gasteiger partial charge in [0.1, 0.15) is 19.9 Å². The highest BCUT2D eigenvalue weighted by Gasteiger charge is 2.08. The number of oxime groups is 1. The van der Waals surface area contributed by atoms with E-state index in [1.807, 2.05) is 66.5 Å². The molecule has 17 heavy (non-hydrogen) atoms. The summed E-state index contributed by atoms with van der Waals surface area (Å²) in [5.74, 6) is 0. The first-order valence-electron chi connectivity index (χ1n) is 5.43. The smallest absolute Gasteiger partial charge is 0.169 e. The number of aromatic nitrogens is 1. The van der Waals surface area contributed by atoms with Crippen LogP contribution >= 0.6 is 0 Å². The summed E-state index contributed by atoms with van der Waals surface area (Å²) < 4.78 is 1.99. The van der Waals surface area contributed by atoms with Gasteiger partial charge in [-0.1, -0.05) is 35.5 Å². The van der Waals surface area contributed by atoms with E-state index in [1.54, 1.807) is 7.11 Å². The minimum atomic E-state index is 0.841. The van der Waals surface area contributed by atoms with Crippen LogP contribution in [0.2, 0.25) is 0 Å². The van der Waals surface area contributed by atoms with Crippen LogP contribution in [0.3, 0.4) is 0 Å². The van der Waals surface area contributed by atoms with E-state index in [0.29, 0.717) is 0 Å². The number of rotatable bonds is 3. The highest BCUT2D eigenvalue weighted by molar-refractivity contribution is 6.12. The van der Waals surface area contributed by atoms with Gasteiger partial charge in [0, 0.05) is 23.3 Å². The molecule has 0 atom stereocenters. The maximum atomic E-state index is 4.92. The van der Waals surface area contributed by atoms with Crippen LogP contribution in [0.5, 0.6) is 0 Å². The quantitative estimate of drug-likeness (QED) is 0.447. The molecule has 2 aromatic rings. The summed E-state index contributed by atoms with van der Waals surface area (Å²) in [5.41, 5.74) is 2.92. The Labute approximate surface area is 101 Å². The molecule has 0 radical (unpaired) electrons. The normalized spacial score (nSPS) is 11.3. The fraction of sp³-hybridized carbons (Fsp3) is 0.143. The van der Waals surface area contributed by atoms with Crippen molar-refractivity contribution >= 4 is 5.71 Å². The molecular formula is C14H15N2O+. The highest BCUT2D eigenvalue weighted by atomic mass is 16.6. The molecule has 0 unspecified atom stereocenters. The van der Waals surface area contributed by atoms with Crippen molar-refractivity contribution in [3.8, 4) is 0 Å². The van der Waals surface area contributed by atoms with Crippen LogP contribution in [-0.2, 0) is 11.9 Å². The van der Waals surface area contributed by atoms with Gasteiger partial charge < -0.3 is 4.84 Å². The largest absolute Gasteiger partial charge is 0.399 e. The van der Waals surface area contributed by atoms with Crippen molar-refractivity contribution in [2.45, 2.75) is 0 Å². The Morgan fingerprint density at radius 2 is 1.59 bits per heavy atom. The third-order valence-electron chi connectivity index (χ3n) is 2.48. The molecule has 0 saturated heterocycles. The van der Waals surface area contributed by atoms with Gasteiger partial charge in [0.2, 0.25) is 0 Å². The predicted octanol–water partition coefficient (Wildman–Crippen LogP) is 1.91. The Balaban J connectivity index is 2.44. The van der Waals surface area contributed by atoms with Crippen LogP contribution in [-0.4, -0.2) is 12.8 Å². The second-order valence-electron chi connectivity index (χ2n) is 3.74. The van der Waals surface area contributed by atoms with Gasteiger partial charge in [0.05, 0.1) is 0 Å². The number of nitrogens with zero attached hydrogens (tertiary/aromatic N) is 2. The van der Waals surface area contributed by atoms with Crippen molar-refractivity contribution in [2.75, 3.05) is 7.11 Å². The minimum absolute atomic E-state index is 0.841. The number of hydrogen-bond donors (Lipinski definition) is 0. The second kappa shape index (κ2) is 5.25. The first kappa shape index (κ1) is 11.3. The SMILES string of the molecule is CON=C(c1ccccc1)c1cc[n+](C)cc1. The maximum Gasteiger partial charge on any atom is 0.169 e. The number of benzene rings is 1. The fourth-order valence-corrected chi connectivity index (χ4v) is 1.62. The highest BCUT2D eigenvalue weighted by Crippen LogP contribution is 2.09. The lowest BCUT2D eigenvalue weighted by atomic mass is 10.0. The van der Waals surface area contributed by atoms with Gasteiger partial charge in [-0.3, -0.25) is 0 Å². The van der Waals surface area contributed by atoms with Crippen LogP contribution in [0.15, 0.2) is 60.0 Å². The second-order valence-corrected chi connectivity index (χ2v) is 3.74. The van der Waals surface area contributed by atoms with Crippen molar-refractivity contribution in [2.24, 2.45) is 12.2 Å². The molecule has 1 aromatic carbocycles. The summed E-state index contributed by atoms with van der Waals surface area (Å²) in [7, 11) is 3.55. The van der Waals surface area contributed by atoms with E-state index < -0.39 is 0 Å². The average Bonchev–Trinajstić information content (AvgIpc) is 2.38. The molecular weight excluding hydrogens is 212 g/mol. The molecule has 0 aliphatic rings. The Morgan fingerprint density at radius 3 is 2.18 bits per heavy atom. The maximum absolute atomic E-state index is 4.92. The van der Waals surface area contributed by atoms with Gasteiger partial charge in [-0.05, 0) is 0 Å². The molecule has 3 nitrogen and oxygen atoms in total. The van der Waals surface area contributed by atoms with E-state index in [0.717, 1.165) is 16.8 Å². The van der Waals surface area contributed by atoms with Crippen LogP contribution < -0.4 is 4.57 Å².